The van der Waals surface area contributed by atoms with Crippen LogP contribution in [-0.4, -0.2) is 35.8 Å². The number of ketones is 1. The van der Waals surface area contributed by atoms with Crippen LogP contribution in [0.5, 0.6) is 0 Å². The summed E-state index contributed by atoms with van der Waals surface area (Å²) in [7, 11) is 0. The van der Waals surface area contributed by atoms with Crippen molar-refractivity contribution in [3.05, 3.63) is 24.0 Å². The van der Waals surface area contributed by atoms with E-state index in [4.69, 9.17) is 0 Å². The van der Waals surface area contributed by atoms with Crippen LogP contribution < -0.4 is 10.2 Å². The molecular formula is C15H21N3O2. The molecule has 2 rings (SSSR count). The number of anilines is 1. The molecule has 1 N–H and O–H groups in total. The van der Waals surface area contributed by atoms with Gasteiger partial charge in [0.15, 0.2) is 5.78 Å². The van der Waals surface area contributed by atoms with Crippen LogP contribution >= 0.6 is 0 Å². The number of rotatable bonds is 4. The quantitative estimate of drug-likeness (QED) is 0.851. The second kappa shape index (κ2) is 6.50. The van der Waals surface area contributed by atoms with Gasteiger partial charge in [-0.25, -0.2) is 0 Å². The normalized spacial score (nSPS) is 16.0. The lowest BCUT2D eigenvalue weighted by Gasteiger charge is -2.33. The number of amides is 1. The van der Waals surface area contributed by atoms with Crippen molar-refractivity contribution in [1.82, 2.24) is 10.3 Å². The van der Waals surface area contributed by atoms with Crippen LogP contribution in [0.3, 0.4) is 0 Å². The van der Waals surface area contributed by atoms with Crippen molar-refractivity contribution in [3.63, 3.8) is 0 Å². The third-order valence-corrected chi connectivity index (χ3v) is 3.62. The predicted octanol–water partition coefficient (Wildman–Crippen LogP) is 1.78. The first-order chi connectivity index (χ1) is 9.60. The van der Waals surface area contributed by atoms with Crippen LogP contribution in [0.2, 0.25) is 0 Å². The van der Waals surface area contributed by atoms with Crippen LogP contribution in [0, 0.1) is 0 Å². The minimum atomic E-state index is 0.0348. The molecular weight excluding hydrogens is 254 g/mol. The number of carbonyl (C=O) groups excluding carboxylic acids is 2. The maximum Gasteiger partial charge on any atom is 0.217 e. The number of aromatic nitrogens is 1. The largest absolute Gasteiger partial charge is 0.370 e. The van der Waals surface area contributed by atoms with E-state index in [2.05, 4.69) is 15.2 Å². The van der Waals surface area contributed by atoms with E-state index in [1.54, 1.807) is 19.2 Å². The molecule has 20 heavy (non-hydrogen) atoms. The van der Waals surface area contributed by atoms with Crippen molar-refractivity contribution in [1.29, 1.82) is 0 Å². The van der Waals surface area contributed by atoms with Gasteiger partial charge in [-0.05, 0) is 25.0 Å². The van der Waals surface area contributed by atoms with E-state index < -0.39 is 0 Å². The molecule has 0 radical (unpaired) electrons. The average molecular weight is 275 g/mol. The highest BCUT2D eigenvalue weighted by atomic mass is 16.1. The number of pyridine rings is 1. The molecule has 1 amide bonds. The summed E-state index contributed by atoms with van der Waals surface area (Å²) < 4.78 is 0. The number of Topliss-reactive ketones (excluding diaryl/α,β-unsaturated/α-hetero) is 1. The Bertz CT molecular complexity index is 476. The monoisotopic (exact) mass is 275 g/mol. The van der Waals surface area contributed by atoms with E-state index in [-0.39, 0.29) is 17.7 Å². The maximum absolute atomic E-state index is 11.5. The lowest BCUT2D eigenvalue weighted by atomic mass is 10.0. The average Bonchev–Trinajstić information content (AvgIpc) is 2.47. The summed E-state index contributed by atoms with van der Waals surface area (Å²) in [4.78, 5) is 29.0. The molecule has 0 bridgehead atoms. The van der Waals surface area contributed by atoms with E-state index in [0.717, 1.165) is 31.6 Å². The van der Waals surface area contributed by atoms with Gasteiger partial charge in [0, 0.05) is 32.5 Å². The lowest BCUT2D eigenvalue weighted by Crippen LogP contribution is -2.44. The second-order valence-corrected chi connectivity index (χ2v) is 5.14. The standard InChI is InChI=1S/C15H21N3O2/c1-3-15(20)14-5-4-13(10-16-14)18-8-6-12(7-9-18)17-11(2)19/h4-5,10,12H,3,6-9H2,1-2H3,(H,17,19). The molecule has 0 atom stereocenters. The number of hydrogen-bond donors (Lipinski definition) is 1. The van der Waals surface area contributed by atoms with Crippen LogP contribution in [0.4, 0.5) is 5.69 Å². The first-order valence-corrected chi connectivity index (χ1v) is 7.11. The molecule has 2 heterocycles. The Morgan fingerprint density at radius 3 is 2.55 bits per heavy atom. The van der Waals surface area contributed by atoms with Gasteiger partial charge in [0.05, 0.1) is 11.9 Å². The number of piperidine rings is 1. The Balaban J connectivity index is 1.93. The zero-order valence-electron chi connectivity index (χ0n) is 12.1. The summed E-state index contributed by atoms with van der Waals surface area (Å²) in [5.41, 5.74) is 1.57. The predicted molar refractivity (Wildman–Crippen MR) is 77.9 cm³/mol. The number of nitrogens with one attached hydrogen (secondary N) is 1. The summed E-state index contributed by atoms with van der Waals surface area (Å²) >= 11 is 0. The fourth-order valence-corrected chi connectivity index (χ4v) is 2.49. The van der Waals surface area contributed by atoms with Gasteiger partial charge in [0.1, 0.15) is 5.69 Å². The van der Waals surface area contributed by atoms with Crippen LogP contribution in [-0.2, 0) is 4.79 Å². The molecule has 1 aromatic rings. The van der Waals surface area contributed by atoms with Crippen molar-refractivity contribution in [2.24, 2.45) is 0 Å². The van der Waals surface area contributed by atoms with Crippen LogP contribution in [0.15, 0.2) is 18.3 Å². The van der Waals surface area contributed by atoms with Crippen LogP contribution in [0.1, 0.15) is 43.6 Å². The zero-order chi connectivity index (χ0) is 14.5. The SMILES string of the molecule is CCC(=O)c1ccc(N2CCC(NC(C)=O)CC2)cn1. The topological polar surface area (TPSA) is 62.3 Å². The Labute approximate surface area is 119 Å². The van der Waals surface area contributed by atoms with Gasteiger partial charge in [0.25, 0.3) is 0 Å². The highest BCUT2D eigenvalue weighted by Crippen LogP contribution is 2.19. The zero-order valence-corrected chi connectivity index (χ0v) is 12.1. The highest BCUT2D eigenvalue weighted by molar-refractivity contribution is 5.94. The fraction of sp³-hybridized carbons (Fsp3) is 0.533. The summed E-state index contributed by atoms with van der Waals surface area (Å²) in [6.07, 6.45) is 4.13. The first kappa shape index (κ1) is 14.5. The molecule has 0 aliphatic carbocycles. The molecule has 1 aromatic heterocycles. The highest BCUT2D eigenvalue weighted by Gasteiger charge is 2.20. The van der Waals surface area contributed by atoms with E-state index >= 15 is 0 Å². The third-order valence-electron chi connectivity index (χ3n) is 3.62. The van der Waals surface area contributed by atoms with Gasteiger partial charge in [-0.15, -0.1) is 0 Å². The number of hydrogen-bond acceptors (Lipinski definition) is 4. The van der Waals surface area contributed by atoms with Gasteiger partial charge in [-0.3, -0.25) is 14.6 Å². The van der Waals surface area contributed by atoms with E-state index in [1.165, 1.54) is 0 Å². The molecule has 0 unspecified atom stereocenters. The molecule has 0 aromatic carbocycles. The number of nitrogens with zero attached hydrogens (tertiary/aromatic N) is 2. The molecule has 5 nitrogen and oxygen atoms in total. The Morgan fingerprint density at radius 2 is 2.05 bits per heavy atom. The van der Waals surface area contributed by atoms with E-state index in [9.17, 15) is 9.59 Å². The Hall–Kier alpha value is -1.91. The smallest absolute Gasteiger partial charge is 0.217 e. The van der Waals surface area contributed by atoms with Crippen molar-refractivity contribution < 1.29 is 9.59 Å². The molecule has 0 spiro atoms. The summed E-state index contributed by atoms with van der Waals surface area (Å²) in [5.74, 6) is 0.105. The minimum absolute atomic E-state index is 0.0348. The maximum atomic E-state index is 11.5. The summed E-state index contributed by atoms with van der Waals surface area (Å²) in [5, 5.41) is 2.96. The van der Waals surface area contributed by atoms with Crippen LogP contribution in [0.25, 0.3) is 0 Å². The summed E-state index contributed by atoms with van der Waals surface area (Å²) in [6, 6.07) is 4.02. The molecule has 5 heteroatoms. The van der Waals surface area contributed by atoms with Crippen molar-refractivity contribution in [2.45, 2.75) is 39.2 Å². The van der Waals surface area contributed by atoms with Crippen molar-refractivity contribution in [3.8, 4) is 0 Å². The first-order valence-electron chi connectivity index (χ1n) is 7.11. The van der Waals surface area contributed by atoms with Gasteiger partial charge in [0.2, 0.25) is 5.91 Å². The van der Waals surface area contributed by atoms with E-state index in [1.807, 2.05) is 13.0 Å². The number of carbonyl (C=O) groups is 2. The molecule has 0 saturated carbocycles. The lowest BCUT2D eigenvalue weighted by molar-refractivity contribution is -0.119. The molecule has 108 valence electrons. The Kier molecular flexibility index (Phi) is 4.71. The third kappa shape index (κ3) is 3.56. The fourth-order valence-electron chi connectivity index (χ4n) is 2.49. The van der Waals surface area contributed by atoms with Crippen molar-refractivity contribution >= 4 is 17.4 Å². The molecule has 1 aliphatic heterocycles. The molecule has 1 aliphatic rings. The summed E-state index contributed by atoms with van der Waals surface area (Å²) in [6.45, 7) is 5.19. The molecule has 1 fully saturated rings. The van der Waals surface area contributed by atoms with Gasteiger partial charge >= 0.3 is 0 Å². The van der Waals surface area contributed by atoms with Gasteiger partial charge in [-0.2, -0.15) is 0 Å². The van der Waals surface area contributed by atoms with E-state index in [0.29, 0.717) is 12.1 Å². The van der Waals surface area contributed by atoms with Gasteiger partial charge in [-0.1, -0.05) is 6.92 Å². The van der Waals surface area contributed by atoms with Crippen molar-refractivity contribution in [2.75, 3.05) is 18.0 Å². The van der Waals surface area contributed by atoms with Gasteiger partial charge < -0.3 is 10.2 Å². The molecule has 1 saturated heterocycles. The Morgan fingerprint density at radius 1 is 1.35 bits per heavy atom. The second-order valence-electron chi connectivity index (χ2n) is 5.14. The minimum Gasteiger partial charge on any atom is -0.370 e.